The summed E-state index contributed by atoms with van der Waals surface area (Å²) in [6.45, 7) is -0.148. The number of carboxylic acid groups (broad SMARTS) is 1. The molecule has 6 heteroatoms. The number of nitrogens with zero attached hydrogens (tertiary/aromatic N) is 1. The Balaban J connectivity index is 2.62. The van der Waals surface area contributed by atoms with E-state index in [2.05, 4.69) is 4.74 Å². The summed E-state index contributed by atoms with van der Waals surface area (Å²) < 4.78 is 4.46. The van der Waals surface area contributed by atoms with Crippen molar-refractivity contribution in [1.29, 1.82) is 0 Å². The highest BCUT2D eigenvalue weighted by Gasteiger charge is 2.43. The maximum atomic E-state index is 11.9. The number of hydrogen-bond donors (Lipinski definition) is 1. The van der Waals surface area contributed by atoms with Crippen LogP contribution < -0.4 is 0 Å². The fourth-order valence-electron chi connectivity index (χ4n) is 2.29. The van der Waals surface area contributed by atoms with Crippen molar-refractivity contribution in [2.45, 2.75) is 32.1 Å². The summed E-state index contributed by atoms with van der Waals surface area (Å²) in [5.74, 6) is -1.76. The van der Waals surface area contributed by atoms with Crippen molar-refractivity contribution < 1.29 is 24.2 Å². The molecule has 18 heavy (non-hydrogen) atoms. The Kier molecular flexibility index (Phi) is 4.69. The van der Waals surface area contributed by atoms with Crippen LogP contribution in [0.4, 0.5) is 0 Å². The molecule has 1 amide bonds. The van der Waals surface area contributed by atoms with Gasteiger partial charge in [-0.15, -0.1) is 0 Å². The highest BCUT2D eigenvalue weighted by Crippen LogP contribution is 2.41. The highest BCUT2D eigenvalue weighted by molar-refractivity contribution is 5.87. The average molecular weight is 257 g/mol. The fourth-order valence-corrected chi connectivity index (χ4v) is 2.29. The molecule has 0 radical (unpaired) electrons. The molecular weight excluding hydrogens is 238 g/mol. The molecule has 0 unspecified atom stereocenters. The Bertz CT molecular complexity index is 346. The second-order valence-electron chi connectivity index (χ2n) is 4.80. The Morgan fingerprint density at radius 2 is 1.83 bits per heavy atom. The van der Waals surface area contributed by atoms with Crippen molar-refractivity contribution >= 4 is 17.8 Å². The highest BCUT2D eigenvalue weighted by atomic mass is 16.5. The van der Waals surface area contributed by atoms with Crippen LogP contribution in [-0.2, 0) is 19.1 Å². The molecule has 0 aromatic heterocycles. The molecule has 0 atom stereocenters. The summed E-state index contributed by atoms with van der Waals surface area (Å²) >= 11 is 0. The van der Waals surface area contributed by atoms with Crippen molar-refractivity contribution in [3.05, 3.63) is 0 Å². The van der Waals surface area contributed by atoms with E-state index >= 15 is 0 Å². The van der Waals surface area contributed by atoms with E-state index in [0.717, 1.165) is 12.8 Å². The molecule has 0 spiro atoms. The summed E-state index contributed by atoms with van der Waals surface area (Å²) in [4.78, 5) is 35.5. The van der Waals surface area contributed by atoms with Gasteiger partial charge in [-0.3, -0.25) is 14.4 Å². The second kappa shape index (κ2) is 5.84. The van der Waals surface area contributed by atoms with Crippen LogP contribution in [-0.4, -0.2) is 48.6 Å². The lowest BCUT2D eigenvalue weighted by molar-refractivity contribution is -0.154. The van der Waals surface area contributed by atoms with Gasteiger partial charge in [0.2, 0.25) is 5.91 Å². The summed E-state index contributed by atoms with van der Waals surface area (Å²) in [5.41, 5.74) is -0.943. The first-order valence-corrected chi connectivity index (χ1v) is 5.95. The maximum absolute atomic E-state index is 11.9. The number of likely N-dealkylation sites (N-methyl/N-ethyl adjacent to an activating group) is 1. The van der Waals surface area contributed by atoms with Gasteiger partial charge in [0.1, 0.15) is 6.54 Å². The van der Waals surface area contributed by atoms with E-state index in [4.69, 9.17) is 0 Å². The largest absolute Gasteiger partial charge is 0.481 e. The van der Waals surface area contributed by atoms with Gasteiger partial charge in [0, 0.05) is 13.5 Å². The molecule has 0 heterocycles. The van der Waals surface area contributed by atoms with Gasteiger partial charge in [-0.05, 0) is 12.8 Å². The number of ether oxygens (including phenoxy) is 1. The molecule has 0 saturated heterocycles. The minimum absolute atomic E-state index is 0.0458. The number of rotatable bonds is 5. The lowest BCUT2D eigenvalue weighted by Crippen LogP contribution is -2.39. The summed E-state index contributed by atoms with van der Waals surface area (Å²) in [6.07, 6.45) is 2.68. The van der Waals surface area contributed by atoms with Crippen LogP contribution >= 0.6 is 0 Å². The number of esters is 1. The van der Waals surface area contributed by atoms with Gasteiger partial charge >= 0.3 is 11.9 Å². The zero-order valence-corrected chi connectivity index (χ0v) is 10.8. The maximum Gasteiger partial charge on any atom is 0.325 e. The van der Waals surface area contributed by atoms with E-state index in [-0.39, 0.29) is 18.9 Å². The third-order valence-electron chi connectivity index (χ3n) is 3.52. The van der Waals surface area contributed by atoms with E-state index in [0.29, 0.717) is 12.8 Å². The van der Waals surface area contributed by atoms with Crippen molar-refractivity contribution in [3.63, 3.8) is 0 Å². The number of carbonyl (C=O) groups is 3. The Morgan fingerprint density at radius 3 is 2.28 bits per heavy atom. The molecule has 1 rings (SSSR count). The van der Waals surface area contributed by atoms with Crippen LogP contribution in [0.15, 0.2) is 0 Å². The minimum Gasteiger partial charge on any atom is -0.481 e. The number of carboxylic acids is 1. The SMILES string of the molecule is COC(=O)CN(C)C(=O)CC1(C(=O)O)CCCC1. The Morgan fingerprint density at radius 1 is 1.28 bits per heavy atom. The number of methoxy groups -OCH3 is 1. The molecule has 1 N–H and O–H groups in total. The number of hydrogen-bond acceptors (Lipinski definition) is 4. The van der Waals surface area contributed by atoms with Crippen LogP contribution in [0.1, 0.15) is 32.1 Å². The quantitative estimate of drug-likeness (QED) is 0.731. The first-order valence-electron chi connectivity index (χ1n) is 5.95. The van der Waals surface area contributed by atoms with Crippen LogP contribution in [0.3, 0.4) is 0 Å². The standard InChI is InChI=1S/C12H19NO5/c1-13(8-10(15)18-2)9(14)7-12(11(16)17)5-3-4-6-12/h3-8H2,1-2H3,(H,16,17). The zero-order chi connectivity index (χ0) is 13.8. The third kappa shape index (κ3) is 3.21. The molecule has 102 valence electrons. The van der Waals surface area contributed by atoms with Gasteiger partial charge < -0.3 is 14.7 Å². The van der Waals surface area contributed by atoms with Crippen LogP contribution in [0.25, 0.3) is 0 Å². The summed E-state index contributed by atoms with van der Waals surface area (Å²) in [5, 5.41) is 9.26. The van der Waals surface area contributed by atoms with Gasteiger partial charge in [0.15, 0.2) is 0 Å². The van der Waals surface area contributed by atoms with E-state index in [1.165, 1.54) is 19.1 Å². The molecule has 0 aromatic rings. The topological polar surface area (TPSA) is 83.9 Å². The molecule has 1 fully saturated rings. The van der Waals surface area contributed by atoms with E-state index in [9.17, 15) is 19.5 Å². The fraction of sp³-hybridized carbons (Fsp3) is 0.750. The molecule has 1 aliphatic carbocycles. The monoisotopic (exact) mass is 257 g/mol. The van der Waals surface area contributed by atoms with E-state index < -0.39 is 17.4 Å². The normalized spacial score (nSPS) is 17.2. The third-order valence-corrected chi connectivity index (χ3v) is 3.52. The van der Waals surface area contributed by atoms with E-state index in [1.807, 2.05) is 0 Å². The van der Waals surface area contributed by atoms with Crippen molar-refractivity contribution in [2.24, 2.45) is 5.41 Å². The molecule has 0 aliphatic heterocycles. The van der Waals surface area contributed by atoms with Gasteiger partial charge in [-0.1, -0.05) is 12.8 Å². The lowest BCUT2D eigenvalue weighted by atomic mass is 9.82. The van der Waals surface area contributed by atoms with Gasteiger partial charge in [0.25, 0.3) is 0 Å². The molecule has 0 aromatic carbocycles. The second-order valence-corrected chi connectivity index (χ2v) is 4.80. The molecule has 0 bridgehead atoms. The van der Waals surface area contributed by atoms with E-state index in [1.54, 1.807) is 0 Å². The lowest BCUT2D eigenvalue weighted by Gasteiger charge is -2.25. The minimum atomic E-state index is -0.943. The first kappa shape index (κ1) is 14.5. The van der Waals surface area contributed by atoms with Gasteiger partial charge in [-0.2, -0.15) is 0 Å². The average Bonchev–Trinajstić information content (AvgIpc) is 2.78. The Labute approximate surface area is 106 Å². The van der Waals surface area contributed by atoms with Crippen LogP contribution in [0, 0.1) is 5.41 Å². The van der Waals surface area contributed by atoms with Crippen LogP contribution in [0.2, 0.25) is 0 Å². The summed E-state index contributed by atoms with van der Waals surface area (Å²) in [6, 6.07) is 0. The Hall–Kier alpha value is -1.59. The molecule has 1 saturated carbocycles. The van der Waals surface area contributed by atoms with Crippen LogP contribution in [0.5, 0.6) is 0 Å². The first-order chi connectivity index (χ1) is 8.41. The predicted octanol–water partition coefficient (Wildman–Crippen LogP) is 0.653. The number of aliphatic carboxylic acids is 1. The zero-order valence-electron chi connectivity index (χ0n) is 10.8. The number of carbonyl (C=O) groups excluding carboxylic acids is 2. The van der Waals surface area contributed by atoms with Gasteiger partial charge in [0.05, 0.1) is 12.5 Å². The molecular formula is C12H19NO5. The predicted molar refractivity (Wildman–Crippen MR) is 62.8 cm³/mol. The van der Waals surface area contributed by atoms with Crippen molar-refractivity contribution in [2.75, 3.05) is 20.7 Å². The van der Waals surface area contributed by atoms with Crippen molar-refractivity contribution in [3.8, 4) is 0 Å². The van der Waals surface area contributed by atoms with Gasteiger partial charge in [-0.25, -0.2) is 0 Å². The molecule has 6 nitrogen and oxygen atoms in total. The number of amides is 1. The smallest absolute Gasteiger partial charge is 0.325 e. The summed E-state index contributed by atoms with van der Waals surface area (Å²) in [7, 11) is 2.72. The van der Waals surface area contributed by atoms with Crippen molar-refractivity contribution in [1.82, 2.24) is 4.90 Å². The molecule has 1 aliphatic rings.